The summed E-state index contributed by atoms with van der Waals surface area (Å²) in [5.41, 5.74) is 3.72. The maximum Gasteiger partial charge on any atom is 0.573 e. The molecule has 0 aliphatic rings. The van der Waals surface area contributed by atoms with Crippen LogP contribution >= 0.6 is 0 Å². The minimum Gasteiger partial charge on any atom is -0.406 e. The van der Waals surface area contributed by atoms with Gasteiger partial charge in [0.2, 0.25) is 0 Å². The number of rotatable bonds is 5. The molecule has 0 radical (unpaired) electrons. The van der Waals surface area contributed by atoms with Crippen LogP contribution in [0.5, 0.6) is 5.75 Å². The van der Waals surface area contributed by atoms with Crippen LogP contribution in [-0.2, 0) is 12.8 Å². The molecule has 2 aromatic heterocycles. The zero-order chi connectivity index (χ0) is 18.9. The van der Waals surface area contributed by atoms with Crippen molar-refractivity contribution < 1.29 is 17.9 Å². The fraction of sp³-hybridized carbons (Fsp3) is 0.211. The first-order valence-corrected chi connectivity index (χ1v) is 8.41. The van der Waals surface area contributed by atoms with Gasteiger partial charge in [-0.15, -0.1) is 13.2 Å². The Morgan fingerprint density at radius 2 is 1.74 bits per heavy atom. The van der Waals surface area contributed by atoms with Crippen molar-refractivity contribution in [1.82, 2.24) is 19.9 Å². The highest BCUT2D eigenvalue weighted by Gasteiger charge is 2.31. The Balaban J connectivity index is 1.42. The number of halogens is 3. The molecule has 0 atom stereocenters. The minimum atomic E-state index is -4.71. The first-order valence-electron chi connectivity index (χ1n) is 8.41. The summed E-state index contributed by atoms with van der Waals surface area (Å²) in [7, 11) is 0. The van der Waals surface area contributed by atoms with E-state index >= 15 is 0 Å². The SMILES string of the molecule is FC(F)(F)Oc1ccc2[nH]c(CCCc3cnc4ccccc4n3)nc2c1. The molecule has 0 bridgehead atoms. The predicted octanol–water partition coefficient (Wildman–Crippen LogP) is 4.58. The largest absolute Gasteiger partial charge is 0.573 e. The summed E-state index contributed by atoms with van der Waals surface area (Å²) in [6.07, 6.45) is -0.774. The third-order valence-electron chi connectivity index (χ3n) is 4.08. The average Bonchev–Trinajstić information content (AvgIpc) is 3.02. The predicted molar refractivity (Wildman–Crippen MR) is 94.3 cm³/mol. The van der Waals surface area contributed by atoms with E-state index in [1.54, 1.807) is 6.20 Å². The van der Waals surface area contributed by atoms with E-state index < -0.39 is 6.36 Å². The van der Waals surface area contributed by atoms with Crippen molar-refractivity contribution in [3.63, 3.8) is 0 Å². The van der Waals surface area contributed by atoms with Gasteiger partial charge in [0, 0.05) is 18.7 Å². The molecule has 0 saturated carbocycles. The number of aromatic amines is 1. The maximum atomic E-state index is 12.3. The molecule has 0 aliphatic carbocycles. The lowest BCUT2D eigenvalue weighted by Gasteiger charge is -2.07. The van der Waals surface area contributed by atoms with Crippen LogP contribution in [0.15, 0.2) is 48.7 Å². The number of hydrogen-bond acceptors (Lipinski definition) is 4. The first kappa shape index (κ1) is 17.3. The summed E-state index contributed by atoms with van der Waals surface area (Å²) < 4.78 is 40.9. The van der Waals surface area contributed by atoms with Crippen LogP contribution < -0.4 is 4.74 Å². The Morgan fingerprint density at radius 1 is 0.926 bits per heavy atom. The molecule has 4 rings (SSSR count). The molecule has 0 aliphatic heterocycles. The van der Waals surface area contributed by atoms with Crippen LogP contribution in [0.4, 0.5) is 13.2 Å². The third-order valence-corrected chi connectivity index (χ3v) is 4.08. The highest BCUT2D eigenvalue weighted by atomic mass is 19.4. The normalized spacial score (nSPS) is 12.0. The quantitative estimate of drug-likeness (QED) is 0.557. The molecule has 5 nitrogen and oxygen atoms in total. The van der Waals surface area contributed by atoms with Gasteiger partial charge in [-0.2, -0.15) is 0 Å². The zero-order valence-corrected chi connectivity index (χ0v) is 14.1. The Labute approximate surface area is 152 Å². The summed E-state index contributed by atoms with van der Waals surface area (Å²) in [5, 5.41) is 0. The molecule has 8 heteroatoms. The number of nitrogens with zero attached hydrogens (tertiary/aromatic N) is 3. The summed E-state index contributed by atoms with van der Waals surface area (Å²) in [6.45, 7) is 0. The Morgan fingerprint density at radius 3 is 2.56 bits per heavy atom. The number of hydrogen-bond donors (Lipinski definition) is 1. The standard InChI is InChI=1S/C19H15F3N4O/c20-19(21,22)27-13-8-9-16-17(10-13)26-18(25-16)7-3-4-12-11-23-14-5-1-2-6-15(14)24-12/h1-2,5-6,8-11H,3-4,7H2,(H,25,26). The van der Waals surface area contributed by atoms with Crippen molar-refractivity contribution in [3.8, 4) is 5.75 Å². The van der Waals surface area contributed by atoms with Gasteiger partial charge in [0.05, 0.1) is 27.8 Å². The molecule has 2 aromatic carbocycles. The smallest absolute Gasteiger partial charge is 0.406 e. The lowest BCUT2D eigenvalue weighted by molar-refractivity contribution is -0.274. The van der Waals surface area contributed by atoms with E-state index in [4.69, 9.17) is 0 Å². The van der Waals surface area contributed by atoms with E-state index in [0.717, 1.165) is 29.6 Å². The number of nitrogens with one attached hydrogen (secondary N) is 1. The summed E-state index contributed by atoms with van der Waals surface area (Å²) in [6, 6.07) is 11.8. The molecule has 0 spiro atoms. The second-order valence-electron chi connectivity index (χ2n) is 6.11. The second-order valence-corrected chi connectivity index (χ2v) is 6.11. The van der Waals surface area contributed by atoms with Crippen molar-refractivity contribution in [3.05, 3.63) is 60.2 Å². The van der Waals surface area contributed by atoms with Crippen LogP contribution in [-0.4, -0.2) is 26.3 Å². The number of aromatic nitrogens is 4. The second kappa shape index (κ2) is 6.86. The van der Waals surface area contributed by atoms with Crippen LogP contribution in [0.3, 0.4) is 0 Å². The number of imidazole rings is 1. The van der Waals surface area contributed by atoms with E-state index in [1.165, 1.54) is 18.2 Å². The lowest BCUT2D eigenvalue weighted by Crippen LogP contribution is -2.16. The van der Waals surface area contributed by atoms with Crippen LogP contribution in [0.2, 0.25) is 0 Å². The van der Waals surface area contributed by atoms with Gasteiger partial charge in [-0.3, -0.25) is 4.98 Å². The van der Waals surface area contributed by atoms with E-state index in [2.05, 4.69) is 24.7 Å². The summed E-state index contributed by atoms with van der Waals surface area (Å²) in [4.78, 5) is 16.4. The summed E-state index contributed by atoms with van der Waals surface area (Å²) in [5.74, 6) is 0.433. The number of para-hydroxylation sites is 2. The molecule has 0 fully saturated rings. The highest BCUT2D eigenvalue weighted by Crippen LogP contribution is 2.25. The van der Waals surface area contributed by atoms with Gasteiger partial charge in [-0.25, -0.2) is 9.97 Å². The van der Waals surface area contributed by atoms with Gasteiger partial charge >= 0.3 is 6.36 Å². The molecule has 2 heterocycles. The van der Waals surface area contributed by atoms with Gasteiger partial charge in [0.1, 0.15) is 11.6 Å². The number of benzene rings is 2. The van der Waals surface area contributed by atoms with Gasteiger partial charge in [0.25, 0.3) is 0 Å². The molecule has 0 amide bonds. The molecule has 0 saturated heterocycles. The molecule has 4 aromatic rings. The number of alkyl halides is 3. The van der Waals surface area contributed by atoms with Crippen LogP contribution in [0.25, 0.3) is 22.1 Å². The van der Waals surface area contributed by atoms with Gasteiger partial charge < -0.3 is 9.72 Å². The van der Waals surface area contributed by atoms with Crippen molar-refractivity contribution in [2.45, 2.75) is 25.6 Å². The summed E-state index contributed by atoms with van der Waals surface area (Å²) >= 11 is 0. The Kier molecular flexibility index (Phi) is 4.39. The molecule has 1 N–H and O–H groups in total. The molecule has 138 valence electrons. The van der Waals surface area contributed by atoms with Crippen LogP contribution in [0, 0.1) is 0 Å². The monoisotopic (exact) mass is 372 g/mol. The van der Waals surface area contributed by atoms with Crippen molar-refractivity contribution in [1.29, 1.82) is 0 Å². The van der Waals surface area contributed by atoms with Gasteiger partial charge in [-0.05, 0) is 37.1 Å². The Hall–Kier alpha value is -3.16. The lowest BCUT2D eigenvalue weighted by atomic mass is 10.2. The average molecular weight is 372 g/mol. The van der Waals surface area contributed by atoms with Crippen molar-refractivity contribution >= 4 is 22.1 Å². The zero-order valence-electron chi connectivity index (χ0n) is 14.1. The van der Waals surface area contributed by atoms with Crippen molar-refractivity contribution in [2.24, 2.45) is 0 Å². The van der Waals surface area contributed by atoms with Crippen LogP contribution in [0.1, 0.15) is 17.9 Å². The molecular formula is C19H15F3N4O. The third kappa shape index (κ3) is 4.16. The Bertz CT molecular complexity index is 1090. The highest BCUT2D eigenvalue weighted by molar-refractivity contribution is 5.76. The van der Waals surface area contributed by atoms with E-state index in [0.29, 0.717) is 23.3 Å². The minimum absolute atomic E-state index is 0.278. The number of H-pyrrole nitrogens is 1. The van der Waals surface area contributed by atoms with E-state index in [1.807, 2.05) is 24.3 Å². The fourth-order valence-electron chi connectivity index (χ4n) is 2.91. The van der Waals surface area contributed by atoms with E-state index in [9.17, 15) is 13.2 Å². The molecular weight excluding hydrogens is 357 g/mol. The van der Waals surface area contributed by atoms with Crippen molar-refractivity contribution in [2.75, 3.05) is 0 Å². The number of ether oxygens (including phenoxy) is 1. The number of aryl methyl sites for hydroxylation is 2. The van der Waals surface area contributed by atoms with Gasteiger partial charge in [0.15, 0.2) is 0 Å². The number of fused-ring (bicyclic) bond motifs is 2. The fourth-order valence-corrected chi connectivity index (χ4v) is 2.91. The van der Waals surface area contributed by atoms with Gasteiger partial charge in [-0.1, -0.05) is 12.1 Å². The van der Waals surface area contributed by atoms with E-state index in [-0.39, 0.29) is 5.75 Å². The molecule has 0 unspecified atom stereocenters. The molecule has 27 heavy (non-hydrogen) atoms. The first-order chi connectivity index (χ1) is 13.0. The maximum absolute atomic E-state index is 12.3. The topological polar surface area (TPSA) is 63.7 Å².